The van der Waals surface area contributed by atoms with Crippen LogP contribution in [0.4, 0.5) is 10.1 Å². The molecule has 1 aromatic rings. The molecule has 0 atom stereocenters. The summed E-state index contributed by atoms with van der Waals surface area (Å²) < 4.78 is 13.8. The molecule has 3 nitrogen and oxygen atoms in total. The number of piperazine rings is 1. The monoisotopic (exact) mass is 293 g/mol. The highest BCUT2D eigenvalue weighted by molar-refractivity contribution is 5.47. The molecule has 1 aliphatic rings. The zero-order valence-electron chi connectivity index (χ0n) is 13.2. The summed E-state index contributed by atoms with van der Waals surface area (Å²) >= 11 is 0. The Bertz CT molecular complexity index is 403. The molecule has 0 aromatic heterocycles. The summed E-state index contributed by atoms with van der Waals surface area (Å²) in [5.41, 5.74) is 0.751. The van der Waals surface area contributed by atoms with Crippen LogP contribution in [-0.4, -0.2) is 50.7 Å². The fourth-order valence-corrected chi connectivity index (χ4v) is 2.81. The lowest BCUT2D eigenvalue weighted by Crippen LogP contribution is -2.47. The van der Waals surface area contributed by atoms with Crippen LogP contribution < -0.4 is 10.2 Å². The molecule has 2 rings (SSSR count). The van der Waals surface area contributed by atoms with Gasteiger partial charge in [0.2, 0.25) is 0 Å². The minimum absolute atomic E-state index is 0.104. The van der Waals surface area contributed by atoms with Crippen molar-refractivity contribution in [3.63, 3.8) is 0 Å². The third-order valence-electron chi connectivity index (χ3n) is 4.07. The summed E-state index contributed by atoms with van der Waals surface area (Å²) in [5.74, 6) is -0.104. The van der Waals surface area contributed by atoms with Crippen LogP contribution in [0.5, 0.6) is 0 Å². The van der Waals surface area contributed by atoms with Crippen molar-refractivity contribution in [1.82, 2.24) is 10.2 Å². The fraction of sp³-hybridized carbons (Fsp3) is 0.647. The van der Waals surface area contributed by atoms with Crippen molar-refractivity contribution in [2.24, 2.45) is 0 Å². The Labute approximate surface area is 128 Å². The van der Waals surface area contributed by atoms with Gasteiger partial charge in [-0.15, -0.1) is 0 Å². The second kappa shape index (κ2) is 9.00. The van der Waals surface area contributed by atoms with Crippen molar-refractivity contribution in [1.29, 1.82) is 0 Å². The third kappa shape index (κ3) is 5.29. The number of para-hydroxylation sites is 1. The zero-order valence-corrected chi connectivity index (χ0v) is 13.2. The van der Waals surface area contributed by atoms with E-state index in [4.69, 9.17) is 0 Å². The summed E-state index contributed by atoms with van der Waals surface area (Å²) in [5, 5.41) is 3.44. The van der Waals surface area contributed by atoms with Crippen molar-refractivity contribution < 1.29 is 4.39 Å². The van der Waals surface area contributed by atoms with E-state index in [-0.39, 0.29) is 5.82 Å². The minimum atomic E-state index is -0.104. The summed E-state index contributed by atoms with van der Waals surface area (Å²) in [4.78, 5) is 4.66. The van der Waals surface area contributed by atoms with Crippen LogP contribution in [0.2, 0.25) is 0 Å². The molecule has 0 radical (unpaired) electrons. The first-order valence-electron chi connectivity index (χ1n) is 8.24. The van der Waals surface area contributed by atoms with E-state index in [0.717, 1.165) is 45.0 Å². The largest absolute Gasteiger partial charge is 0.367 e. The normalized spacial score (nSPS) is 16.4. The first-order chi connectivity index (χ1) is 10.3. The van der Waals surface area contributed by atoms with Gasteiger partial charge in [-0.1, -0.05) is 19.1 Å². The SMILES string of the molecule is CCCNCCCCN1CCN(c2ccccc2F)CC1. The van der Waals surface area contributed by atoms with Crippen LogP contribution in [-0.2, 0) is 0 Å². The summed E-state index contributed by atoms with van der Waals surface area (Å²) in [6.45, 7) is 9.54. The van der Waals surface area contributed by atoms with E-state index < -0.39 is 0 Å². The Morgan fingerprint density at radius 2 is 1.81 bits per heavy atom. The Balaban J connectivity index is 1.63. The topological polar surface area (TPSA) is 18.5 Å². The molecular formula is C17H28FN3. The Morgan fingerprint density at radius 1 is 1.05 bits per heavy atom. The van der Waals surface area contributed by atoms with Crippen LogP contribution in [0.1, 0.15) is 26.2 Å². The Hall–Kier alpha value is -1.13. The molecule has 0 saturated carbocycles. The molecular weight excluding hydrogens is 265 g/mol. The minimum Gasteiger partial charge on any atom is -0.367 e. The van der Waals surface area contributed by atoms with Crippen LogP contribution in [0, 0.1) is 5.82 Å². The third-order valence-corrected chi connectivity index (χ3v) is 4.07. The van der Waals surface area contributed by atoms with E-state index in [1.54, 1.807) is 12.1 Å². The van der Waals surface area contributed by atoms with Crippen molar-refractivity contribution in [2.75, 3.05) is 50.7 Å². The number of halogens is 1. The van der Waals surface area contributed by atoms with E-state index in [0.29, 0.717) is 0 Å². The number of hydrogen-bond donors (Lipinski definition) is 1. The van der Waals surface area contributed by atoms with Crippen molar-refractivity contribution >= 4 is 5.69 Å². The number of rotatable bonds is 8. The Morgan fingerprint density at radius 3 is 2.52 bits per heavy atom. The first-order valence-corrected chi connectivity index (χ1v) is 8.24. The number of hydrogen-bond acceptors (Lipinski definition) is 3. The van der Waals surface area contributed by atoms with Gasteiger partial charge in [-0.05, 0) is 51.0 Å². The second-order valence-electron chi connectivity index (χ2n) is 5.74. The van der Waals surface area contributed by atoms with Gasteiger partial charge < -0.3 is 10.2 Å². The maximum absolute atomic E-state index is 13.8. The highest BCUT2D eigenvalue weighted by Crippen LogP contribution is 2.20. The zero-order chi connectivity index (χ0) is 14.9. The molecule has 118 valence electrons. The molecule has 1 aliphatic heterocycles. The van der Waals surface area contributed by atoms with Crippen LogP contribution >= 0.6 is 0 Å². The number of benzene rings is 1. The van der Waals surface area contributed by atoms with E-state index in [1.165, 1.54) is 25.8 Å². The first kappa shape index (κ1) is 16.2. The lowest BCUT2D eigenvalue weighted by atomic mass is 10.2. The van der Waals surface area contributed by atoms with Crippen molar-refractivity contribution in [3.05, 3.63) is 30.1 Å². The molecule has 1 saturated heterocycles. The molecule has 4 heteroatoms. The van der Waals surface area contributed by atoms with Gasteiger partial charge in [0.05, 0.1) is 5.69 Å². The van der Waals surface area contributed by atoms with Gasteiger partial charge in [-0.3, -0.25) is 4.90 Å². The van der Waals surface area contributed by atoms with Crippen molar-refractivity contribution in [2.45, 2.75) is 26.2 Å². The number of anilines is 1. The average molecular weight is 293 g/mol. The maximum atomic E-state index is 13.8. The van der Waals surface area contributed by atoms with Crippen LogP contribution in [0.15, 0.2) is 24.3 Å². The van der Waals surface area contributed by atoms with Gasteiger partial charge >= 0.3 is 0 Å². The van der Waals surface area contributed by atoms with E-state index >= 15 is 0 Å². The molecule has 0 bridgehead atoms. The van der Waals surface area contributed by atoms with E-state index in [9.17, 15) is 4.39 Å². The van der Waals surface area contributed by atoms with Crippen LogP contribution in [0.25, 0.3) is 0 Å². The highest BCUT2D eigenvalue weighted by atomic mass is 19.1. The molecule has 0 aliphatic carbocycles. The van der Waals surface area contributed by atoms with Gasteiger partial charge in [0.15, 0.2) is 0 Å². The highest BCUT2D eigenvalue weighted by Gasteiger charge is 2.18. The van der Waals surface area contributed by atoms with Gasteiger partial charge in [-0.2, -0.15) is 0 Å². The second-order valence-corrected chi connectivity index (χ2v) is 5.74. The smallest absolute Gasteiger partial charge is 0.146 e. The van der Waals surface area contributed by atoms with Gasteiger partial charge in [0.1, 0.15) is 5.82 Å². The standard InChI is InChI=1S/C17H28FN3/c1-2-9-19-10-5-6-11-20-12-14-21(15-13-20)17-8-4-3-7-16(17)18/h3-4,7-8,19H,2,5-6,9-15H2,1H3. The van der Waals surface area contributed by atoms with Gasteiger partial charge in [0, 0.05) is 26.2 Å². The summed E-state index contributed by atoms with van der Waals surface area (Å²) in [7, 11) is 0. The molecule has 0 unspecified atom stereocenters. The Kier molecular flexibility index (Phi) is 6.96. The number of nitrogens with zero attached hydrogens (tertiary/aromatic N) is 2. The quantitative estimate of drug-likeness (QED) is 0.744. The predicted octanol–water partition coefficient (Wildman–Crippen LogP) is 2.73. The fourth-order valence-electron chi connectivity index (χ4n) is 2.81. The van der Waals surface area contributed by atoms with Crippen molar-refractivity contribution in [3.8, 4) is 0 Å². The van der Waals surface area contributed by atoms with Gasteiger partial charge in [-0.25, -0.2) is 4.39 Å². The number of unbranched alkanes of at least 4 members (excludes halogenated alkanes) is 1. The van der Waals surface area contributed by atoms with E-state index in [2.05, 4.69) is 22.0 Å². The predicted molar refractivity (Wildman–Crippen MR) is 87.4 cm³/mol. The molecule has 1 aromatic carbocycles. The molecule has 0 amide bonds. The molecule has 21 heavy (non-hydrogen) atoms. The summed E-state index contributed by atoms with van der Waals surface area (Å²) in [6.07, 6.45) is 3.70. The molecule has 1 fully saturated rings. The van der Waals surface area contributed by atoms with Crippen LogP contribution in [0.3, 0.4) is 0 Å². The lowest BCUT2D eigenvalue weighted by molar-refractivity contribution is 0.252. The maximum Gasteiger partial charge on any atom is 0.146 e. The van der Waals surface area contributed by atoms with E-state index in [1.807, 2.05) is 12.1 Å². The lowest BCUT2D eigenvalue weighted by Gasteiger charge is -2.36. The molecule has 1 N–H and O–H groups in total. The average Bonchev–Trinajstić information content (AvgIpc) is 2.52. The number of nitrogens with one attached hydrogen (secondary N) is 1. The molecule has 0 spiro atoms. The van der Waals surface area contributed by atoms with Gasteiger partial charge in [0.25, 0.3) is 0 Å². The summed E-state index contributed by atoms with van der Waals surface area (Å²) in [6, 6.07) is 7.09. The molecule has 1 heterocycles.